The molecule has 2 aromatic heterocycles. The Kier molecular flexibility index (Phi) is 2.86. The van der Waals surface area contributed by atoms with Crippen LogP contribution >= 0.6 is 0 Å². The van der Waals surface area contributed by atoms with Crippen LogP contribution in [0, 0.1) is 0 Å². The number of hydrogen-bond acceptors (Lipinski definition) is 3. The molecule has 2 N–H and O–H groups in total. The van der Waals surface area contributed by atoms with Crippen molar-refractivity contribution in [3.05, 3.63) is 54.2 Å². The second kappa shape index (κ2) is 4.66. The van der Waals surface area contributed by atoms with Crippen molar-refractivity contribution in [2.45, 2.75) is 19.5 Å². The Morgan fingerprint density at radius 2 is 2.17 bits per heavy atom. The fourth-order valence-electron chi connectivity index (χ4n) is 1.94. The van der Waals surface area contributed by atoms with E-state index in [4.69, 9.17) is 4.42 Å². The van der Waals surface area contributed by atoms with Crippen molar-refractivity contribution in [3.8, 4) is 0 Å². The highest BCUT2D eigenvalue weighted by molar-refractivity contribution is 5.74. The lowest BCUT2D eigenvalue weighted by molar-refractivity contribution is 0.455. The van der Waals surface area contributed by atoms with Crippen LogP contribution in [-0.4, -0.2) is 9.97 Å². The number of para-hydroxylation sites is 2. The largest absolute Gasteiger partial charge is 0.468 e. The summed E-state index contributed by atoms with van der Waals surface area (Å²) in [6.45, 7) is 2.78. The van der Waals surface area contributed by atoms with Crippen molar-refractivity contribution >= 4 is 11.0 Å². The minimum Gasteiger partial charge on any atom is -0.468 e. The van der Waals surface area contributed by atoms with Gasteiger partial charge in [-0.1, -0.05) is 12.1 Å². The van der Waals surface area contributed by atoms with Crippen LogP contribution in [0.3, 0.4) is 0 Å². The van der Waals surface area contributed by atoms with Crippen LogP contribution in [-0.2, 0) is 6.54 Å². The summed E-state index contributed by atoms with van der Waals surface area (Å²) in [5.41, 5.74) is 2.07. The monoisotopic (exact) mass is 241 g/mol. The molecule has 0 fully saturated rings. The van der Waals surface area contributed by atoms with E-state index >= 15 is 0 Å². The van der Waals surface area contributed by atoms with Gasteiger partial charge < -0.3 is 14.7 Å². The fourth-order valence-corrected chi connectivity index (χ4v) is 1.94. The number of aromatic amines is 1. The molecule has 0 aliphatic carbocycles. The SMILES string of the molecule is CC(NCc1ccco1)c1nc2ccccc2[nH]1. The van der Waals surface area contributed by atoms with Gasteiger partial charge in [-0.05, 0) is 31.2 Å². The van der Waals surface area contributed by atoms with Gasteiger partial charge in [-0.2, -0.15) is 0 Å². The number of rotatable bonds is 4. The quantitative estimate of drug-likeness (QED) is 0.738. The van der Waals surface area contributed by atoms with E-state index in [1.54, 1.807) is 6.26 Å². The molecular weight excluding hydrogens is 226 g/mol. The second-order valence-corrected chi connectivity index (χ2v) is 4.32. The molecule has 0 spiro atoms. The minimum absolute atomic E-state index is 0.155. The van der Waals surface area contributed by atoms with Gasteiger partial charge in [0.25, 0.3) is 0 Å². The fraction of sp³-hybridized carbons (Fsp3) is 0.214. The van der Waals surface area contributed by atoms with Crippen LogP contribution in [0.4, 0.5) is 0 Å². The topological polar surface area (TPSA) is 53.9 Å². The van der Waals surface area contributed by atoms with E-state index in [-0.39, 0.29) is 6.04 Å². The van der Waals surface area contributed by atoms with Gasteiger partial charge in [-0.25, -0.2) is 4.98 Å². The molecule has 3 aromatic rings. The van der Waals surface area contributed by atoms with Gasteiger partial charge in [0.05, 0.1) is 29.9 Å². The maximum atomic E-state index is 5.29. The van der Waals surface area contributed by atoms with Crippen molar-refractivity contribution in [3.63, 3.8) is 0 Å². The van der Waals surface area contributed by atoms with Crippen molar-refractivity contribution < 1.29 is 4.42 Å². The third-order valence-corrected chi connectivity index (χ3v) is 2.98. The van der Waals surface area contributed by atoms with Crippen LogP contribution in [0.5, 0.6) is 0 Å². The number of hydrogen-bond donors (Lipinski definition) is 2. The molecule has 18 heavy (non-hydrogen) atoms. The van der Waals surface area contributed by atoms with Crippen molar-refractivity contribution in [1.29, 1.82) is 0 Å². The van der Waals surface area contributed by atoms with Crippen LogP contribution < -0.4 is 5.32 Å². The molecule has 0 aliphatic heterocycles. The number of furan rings is 1. The van der Waals surface area contributed by atoms with E-state index in [2.05, 4.69) is 22.2 Å². The van der Waals surface area contributed by atoms with E-state index in [0.29, 0.717) is 6.54 Å². The molecular formula is C14H15N3O. The Labute approximate surface area is 105 Å². The van der Waals surface area contributed by atoms with Gasteiger partial charge in [0.15, 0.2) is 0 Å². The average molecular weight is 241 g/mol. The van der Waals surface area contributed by atoms with E-state index in [9.17, 15) is 0 Å². The molecule has 0 aliphatic rings. The molecule has 2 heterocycles. The first kappa shape index (κ1) is 11.0. The molecule has 0 saturated heterocycles. The van der Waals surface area contributed by atoms with Gasteiger partial charge in [0, 0.05) is 0 Å². The van der Waals surface area contributed by atoms with Gasteiger partial charge in [-0.15, -0.1) is 0 Å². The van der Waals surface area contributed by atoms with Crippen LogP contribution in [0.2, 0.25) is 0 Å². The second-order valence-electron chi connectivity index (χ2n) is 4.32. The number of H-pyrrole nitrogens is 1. The first-order valence-electron chi connectivity index (χ1n) is 6.03. The molecule has 0 saturated carbocycles. The summed E-state index contributed by atoms with van der Waals surface area (Å²) < 4.78 is 5.29. The van der Waals surface area contributed by atoms with Gasteiger partial charge in [-0.3, -0.25) is 0 Å². The number of aromatic nitrogens is 2. The van der Waals surface area contributed by atoms with Gasteiger partial charge in [0.1, 0.15) is 11.6 Å². The molecule has 1 aromatic carbocycles. The number of imidazole rings is 1. The average Bonchev–Trinajstić information content (AvgIpc) is 3.04. The summed E-state index contributed by atoms with van der Waals surface area (Å²) in [5.74, 6) is 1.88. The molecule has 4 heteroatoms. The summed E-state index contributed by atoms with van der Waals surface area (Å²) in [4.78, 5) is 7.89. The van der Waals surface area contributed by atoms with E-state index < -0.39 is 0 Å². The van der Waals surface area contributed by atoms with Gasteiger partial charge in [0.2, 0.25) is 0 Å². The van der Waals surface area contributed by atoms with Crippen molar-refractivity contribution in [2.75, 3.05) is 0 Å². The lowest BCUT2D eigenvalue weighted by Gasteiger charge is -2.09. The Morgan fingerprint density at radius 1 is 1.28 bits per heavy atom. The molecule has 3 rings (SSSR count). The maximum Gasteiger partial charge on any atom is 0.124 e. The Balaban J connectivity index is 1.73. The van der Waals surface area contributed by atoms with Crippen LogP contribution in [0.15, 0.2) is 47.1 Å². The van der Waals surface area contributed by atoms with E-state index in [1.807, 2.05) is 36.4 Å². The van der Waals surface area contributed by atoms with Crippen LogP contribution in [0.25, 0.3) is 11.0 Å². The molecule has 0 bridgehead atoms. The number of nitrogens with one attached hydrogen (secondary N) is 2. The predicted molar refractivity (Wildman–Crippen MR) is 70.1 cm³/mol. The van der Waals surface area contributed by atoms with E-state index in [1.165, 1.54) is 0 Å². The molecule has 92 valence electrons. The lowest BCUT2D eigenvalue weighted by atomic mass is 10.3. The Bertz CT molecular complexity index is 594. The maximum absolute atomic E-state index is 5.29. The zero-order chi connectivity index (χ0) is 12.4. The first-order chi connectivity index (χ1) is 8.83. The third-order valence-electron chi connectivity index (χ3n) is 2.98. The third kappa shape index (κ3) is 2.15. The first-order valence-corrected chi connectivity index (χ1v) is 6.03. The highest BCUT2D eigenvalue weighted by Gasteiger charge is 2.10. The zero-order valence-electron chi connectivity index (χ0n) is 10.2. The minimum atomic E-state index is 0.155. The number of fused-ring (bicyclic) bond motifs is 1. The summed E-state index contributed by atoms with van der Waals surface area (Å²) in [6.07, 6.45) is 1.68. The Morgan fingerprint density at radius 3 is 2.94 bits per heavy atom. The summed E-state index contributed by atoms with van der Waals surface area (Å²) in [7, 11) is 0. The molecule has 0 amide bonds. The normalized spacial score (nSPS) is 12.9. The summed E-state index contributed by atoms with van der Waals surface area (Å²) in [5, 5.41) is 3.37. The lowest BCUT2D eigenvalue weighted by Crippen LogP contribution is -2.18. The summed E-state index contributed by atoms with van der Waals surface area (Å²) >= 11 is 0. The van der Waals surface area contributed by atoms with E-state index in [0.717, 1.165) is 22.6 Å². The van der Waals surface area contributed by atoms with Crippen LogP contribution in [0.1, 0.15) is 24.6 Å². The molecule has 4 nitrogen and oxygen atoms in total. The predicted octanol–water partition coefficient (Wildman–Crippen LogP) is 3.01. The smallest absolute Gasteiger partial charge is 0.124 e. The summed E-state index contributed by atoms with van der Waals surface area (Å²) in [6, 6.07) is 12.0. The highest BCUT2D eigenvalue weighted by atomic mass is 16.3. The van der Waals surface area contributed by atoms with Crippen molar-refractivity contribution in [2.24, 2.45) is 0 Å². The number of nitrogens with zero attached hydrogens (tertiary/aromatic N) is 1. The highest BCUT2D eigenvalue weighted by Crippen LogP contribution is 2.15. The molecule has 1 atom stereocenters. The molecule has 0 radical (unpaired) electrons. The Hall–Kier alpha value is -2.07. The standard InChI is InChI=1S/C14H15N3O/c1-10(15-9-11-5-4-8-18-11)14-16-12-6-2-3-7-13(12)17-14/h2-8,10,15H,9H2,1H3,(H,16,17). The zero-order valence-corrected chi connectivity index (χ0v) is 10.2. The van der Waals surface area contributed by atoms with Gasteiger partial charge >= 0.3 is 0 Å². The number of benzene rings is 1. The van der Waals surface area contributed by atoms with Crippen molar-refractivity contribution in [1.82, 2.24) is 15.3 Å². The molecule has 1 unspecified atom stereocenters.